The Morgan fingerprint density at radius 3 is 2.32 bits per heavy atom. The number of hydrogen-bond donors (Lipinski definition) is 0. The summed E-state index contributed by atoms with van der Waals surface area (Å²) in [4.78, 5) is 0. The Hall–Kier alpha value is -0.500. The third-order valence-electron chi connectivity index (χ3n) is 3.21. The zero-order valence-corrected chi connectivity index (χ0v) is 14.0. The molecule has 0 radical (unpaired) electrons. The molecule has 0 spiro atoms. The molecule has 0 aliphatic heterocycles. The fourth-order valence-corrected chi connectivity index (χ4v) is 3.08. The van der Waals surface area contributed by atoms with Crippen molar-refractivity contribution in [3.05, 3.63) is 68.1 Å². The lowest BCUT2D eigenvalue weighted by Gasteiger charge is -2.15. The van der Waals surface area contributed by atoms with E-state index in [9.17, 15) is 0 Å². The van der Waals surface area contributed by atoms with Crippen LogP contribution in [0, 0.1) is 13.8 Å². The van der Waals surface area contributed by atoms with Gasteiger partial charge in [-0.25, -0.2) is 0 Å². The van der Waals surface area contributed by atoms with Gasteiger partial charge in [0.25, 0.3) is 0 Å². The highest BCUT2D eigenvalue weighted by molar-refractivity contribution is 9.10. The van der Waals surface area contributed by atoms with Crippen molar-refractivity contribution in [2.24, 2.45) is 0 Å². The molecule has 100 valence electrons. The molecular weight excluding hydrogens is 343 g/mol. The molecule has 1 atom stereocenters. The van der Waals surface area contributed by atoms with Crippen molar-refractivity contribution < 1.29 is 0 Å². The zero-order chi connectivity index (χ0) is 14.0. The van der Waals surface area contributed by atoms with Crippen LogP contribution in [0.3, 0.4) is 0 Å². The molecule has 0 saturated carbocycles. The minimum Gasteiger partial charge on any atom is -0.117 e. The van der Waals surface area contributed by atoms with Gasteiger partial charge in [0.15, 0.2) is 0 Å². The molecule has 0 aromatic heterocycles. The molecule has 0 saturated heterocycles. The second kappa shape index (κ2) is 6.30. The smallest absolute Gasteiger partial charge is 0.0628 e. The second-order valence-corrected chi connectivity index (χ2v) is 6.57. The summed E-state index contributed by atoms with van der Waals surface area (Å²) < 4.78 is 1.13. The van der Waals surface area contributed by atoms with Gasteiger partial charge in [-0.2, -0.15) is 0 Å². The lowest BCUT2D eigenvalue weighted by Crippen LogP contribution is -1.99. The fraction of sp³-hybridized carbons (Fsp3) is 0.250. The van der Waals surface area contributed by atoms with E-state index in [2.05, 4.69) is 41.9 Å². The first-order chi connectivity index (χ1) is 8.97. The number of halogens is 3. The first-order valence-electron chi connectivity index (χ1n) is 6.12. The molecule has 2 aromatic rings. The molecule has 3 heteroatoms. The Balaban J connectivity index is 2.22. The SMILES string of the molecule is Cc1cc(C(Cl)Cc2ccc(Cl)cc2)c(C)cc1Br. The molecule has 2 rings (SSSR count). The van der Waals surface area contributed by atoms with Crippen LogP contribution in [-0.4, -0.2) is 0 Å². The Morgan fingerprint density at radius 1 is 1.05 bits per heavy atom. The maximum Gasteiger partial charge on any atom is 0.0628 e. The van der Waals surface area contributed by atoms with Gasteiger partial charge < -0.3 is 0 Å². The van der Waals surface area contributed by atoms with E-state index in [0.717, 1.165) is 15.9 Å². The van der Waals surface area contributed by atoms with E-state index in [1.54, 1.807) is 0 Å². The normalized spacial score (nSPS) is 12.5. The Morgan fingerprint density at radius 2 is 1.68 bits per heavy atom. The van der Waals surface area contributed by atoms with Gasteiger partial charge in [0.05, 0.1) is 5.38 Å². The molecule has 0 fully saturated rings. The van der Waals surface area contributed by atoms with E-state index in [0.29, 0.717) is 0 Å². The summed E-state index contributed by atoms with van der Waals surface area (Å²) in [5.41, 5.74) is 4.82. The predicted octanol–water partition coefficient (Wildman–Crippen LogP) is 6.24. The molecule has 19 heavy (non-hydrogen) atoms. The van der Waals surface area contributed by atoms with Crippen molar-refractivity contribution in [3.63, 3.8) is 0 Å². The summed E-state index contributed by atoms with van der Waals surface area (Å²) in [6, 6.07) is 12.1. The van der Waals surface area contributed by atoms with Gasteiger partial charge in [-0.1, -0.05) is 45.7 Å². The van der Waals surface area contributed by atoms with Crippen LogP contribution >= 0.6 is 39.1 Å². The maximum absolute atomic E-state index is 6.56. The monoisotopic (exact) mass is 356 g/mol. The number of hydrogen-bond acceptors (Lipinski definition) is 0. The molecule has 0 heterocycles. The average molecular weight is 358 g/mol. The lowest BCUT2D eigenvalue weighted by atomic mass is 9.98. The first-order valence-corrected chi connectivity index (χ1v) is 7.73. The molecule has 0 aliphatic carbocycles. The van der Waals surface area contributed by atoms with E-state index in [-0.39, 0.29) is 5.38 Å². The predicted molar refractivity (Wildman–Crippen MR) is 87.4 cm³/mol. The Kier molecular flexibility index (Phi) is 4.94. The van der Waals surface area contributed by atoms with Crippen LogP contribution in [0.2, 0.25) is 5.02 Å². The van der Waals surface area contributed by atoms with Crippen LogP contribution in [-0.2, 0) is 6.42 Å². The minimum absolute atomic E-state index is 0.0204. The number of benzene rings is 2. The van der Waals surface area contributed by atoms with Crippen LogP contribution in [0.15, 0.2) is 40.9 Å². The second-order valence-electron chi connectivity index (χ2n) is 4.76. The molecule has 0 nitrogen and oxygen atoms in total. The van der Waals surface area contributed by atoms with Gasteiger partial charge in [-0.3, -0.25) is 0 Å². The highest BCUT2D eigenvalue weighted by atomic mass is 79.9. The Bertz CT molecular complexity index is 576. The molecule has 1 unspecified atom stereocenters. The van der Waals surface area contributed by atoms with Crippen molar-refractivity contribution in [1.82, 2.24) is 0 Å². The van der Waals surface area contributed by atoms with Crippen LogP contribution in [0.4, 0.5) is 0 Å². The lowest BCUT2D eigenvalue weighted by molar-refractivity contribution is 0.907. The zero-order valence-electron chi connectivity index (χ0n) is 10.9. The Labute approximate surface area is 132 Å². The van der Waals surface area contributed by atoms with Crippen molar-refractivity contribution in [1.29, 1.82) is 0 Å². The van der Waals surface area contributed by atoms with E-state index >= 15 is 0 Å². The molecule has 0 N–H and O–H groups in total. The number of rotatable bonds is 3. The molecule has 0 amide bonds. The van der Waals surface area contributed by atoms with E-state index < -0.39 is 0 Å². The van der Waals surface area contributed by atoms with Crippen LogP contribution in [0.5, 0.6) is 0 Å². The van der Waals surface area contributed by atoms with Crippen molar-refractivity contribution in [3.8, 4) is 0 Å². The number of alkyl halides is 1. The van der Waals surface area contributed by atoms with E-state index in [1.165, 1.54) is 22.3 Å². The first kappa shape index (κ1) is 14.9. The summed E-state index contributed by atoms with van der Waals surface area (Å²) in [6.45, 7) is 4.18. The summed E-state index contributed by atoms with van der Waals surface area (Å²) in [7, 11) is 0. The summed E-state index contributed by atoms with van der Waals surface area (Å²) >= 11 is 16.0. The fourth-order valence-electron chi connectivity index (χ4n) is 2.08. The quantitative estimate of drug-likeness (QED) is 0.570. The topological polar surface area (TPSA) is 0 Å². The van der Waals surface area contributed by atoms with Gasteiger partial charge in [-0.15, -0.1) is 11.6 Å². The van der Waals surface area contributed by atoms with Gasteiger partial charge in [-0.05, 0) is 60.7 Å². The highest BCUT2D eigenvalue weighted by Gasteiger charge is 2.13. The van der Waals surface area contributed by atoms with Crippen LogP contribution in [0.25, 0.3) is 0 Å². The van der Waals surface area contributed by atoms with Gasteiger partial charge >= 0.3 is 0 Å². The summed E-state index contributed by atoms with van der Waals surface area (Å²) in [5, 5.41) is 0.735. The highest BCUT2D eigenvalue weighted by Crippen LogP contribution is 2.31. The molecular formula is C16H15BrCl2. The summed E-state index contributed by atoms with van der Waals surface area (Å²) in [5.74, 6) is 0. The maximum atomic E-state index is 6.56. The third-order valence-corrected chi connectivity index (χ3v) is 4.71. The molecule has 2 aromatic carbocycles. The van der Waals surface area contributed by atoms with Crippen molar-refractivity contribution >= 4 is 39.1 Å². The average Bonchev–Trinajstić information content (AvgIpc) is 2.36. The largest absolute Gasteiger partial charge is 0.117 e. The summed E-state index contributed by atoms with van der Waals surface area (Å²) in [6.07, 6.45) is 0.806. The standard InChI is InChI=1S/C16H15BrCl2/c1-10-8-15(17)11(2)7-14(10)16(19)9-12-3-5-13(18)6-4-12/h3-8,16H,9H2,1-2H3. The van der Waals surface area contributed by atoms with Crippen molar-refractivity contribution in [2.75, 3.05) is 0 Å². The van der Waals surface area contributed by atoms with Gasteiger partial charge in [0, 0.05) is 9.50 Å². The van der Waals surface area contributed by atoms with Crippen molar-refractivity contribution in [2.45, 2.75) is 25.6 Å². The third kappa shape index (κ3) is 3.75. The molecule has 0 aliphatic rings. The van der Waals surface area contributed by atoms with E-state index in [4.69, 9.17) is 23.2 Å². The molecule has 0 bridgehead atoms. The van der Waals surface area contributed by atoms with Crippen LogP contribution < -0.4 is 0 Å². The van der Waals surface area contributed by atoms with Gasteiger partial charge in [0.1, 0.15) is 0 Å². The van der Waals surface area contributed by atoms with Gasteiger partial charge in [0.2, 0.25) is 0 Å². The number of aryl methyl sites for hydroxylation is 2. The van der Waals surface area contributed by atoms with E-state index in [1.807, 2.05) is 24.3 Å². The minimum atomic E-state index is -0.0204. The van der Waals surface area contributed by atoms with Crippen LogP contribution in [0.1, 0.15) is 27.6 Å².